The van der Waals surface area contributed by atoms with Crippen LogP contribution in [0.25, 0.3) is 11.0 Å². The van der Waals surface area contributed by atoms with Crippen molar-refractivity contribution in [1.29, 1.82) is 0 Å². The van der Waals surface area contributed by atoms with Gasteiger partial charge >= 0.3 is 0 Å². The smallest absolute Gasteiger partial charge is 0.253 e. The number of benzene rings is 1. The van der Waals surface area contributed by atoms with Gasteiger partial charge in [-0.15, -0.1) is 0 Å². The molecule has 0 saturated carbocycles. The molecule has 24 heavy (non-hydrogen) atoms. The third-order valence-electron chi connectivity index (χ3n) is 3.92. The van der Waals surface area contributed by atoms with Gasteiger partial charge in [0.2, 0.25) is 0 Å². The van der Waals surface area contributed by atoms with E-state index in [2.05, 4.69) is 15.4 Å². The van der Waals surface area contributed by atoms with Gasteiger partial charge in [-0.25, -0.2) is 13.8 Å². The standard InChI is InChI=1S/C17H16F2N4O/c1-9(11-4-5-14(18)15(19)7-11)21-17(24)12-6-13-10(2)22-23(3)16(13)20-8-12/h4-9H,1-3H3,(H,21,24). The zero-order chi connectivity index (χ0) is 17.4. The largest absolute Gasteiger partial charge is 0.345 e. The second kappa shape index (κ2) is 5.99. The number of aromatic nitrogens is 3. The SMILES string of the molecule is Cc1nn(C)c2ncc(C(=O)NC(C)c3ccc(F)c(F)c3)cc12. The van der Waals surface area contributed by atoms with Crippen LogP contribution in [0.2, 0.25) is 0 Å². The number of fused-ring (bicyclic) bond motifs is 1. The molecular formula is C17H16F2N4O. The van der Waals surface area contributed by atoms with Gasteiger partial charge in [-0.05, 0) is 37.6 Å². The first kappa shape index (κ1) is 16.0. The highest BCUT2D eigenvalue weighted by Gasteiger charge is 2.15. The first-order valence-corrected chi connectivity index (χ1v) is 7.42. The maximum Gasteiger partial charge on any atom is 0.253 e. The van der Waals surface area contributed by atoms with Crippen molar-refractivity contribution < 1.29 is 13.6 Å². The fourth-order valence-corrected chi connectivity index (χ4v) is 2.58. The predicted molar refractivity (Wildman–Crippen MR) is 85.5 cm³/mol. The summed E-state index contributed by atoms with van der Waals surface area (Å²) in [4.78, 5) is 16.7. The topological polar surface area (TPSA) is 59.8 Å². The lowest BCUT2D eigenvalue weighted by Crippen LogP contribution is -2.26. The maximum atomic E-state index is 13.3. The highest BCUT2D eigenvalue weighted by atomic mass is 19.2. The highest BCUT2D eigenvalue weighted by Crippen LogP contribution is 2.19. The summed E-state index contributed by atoms with van der Waals surface area (Å²) < 4.78 is 28.0. The Morgan fingerprint density at radius 3 is 2.71 bits per heavy atom. The molecule has 1 N–H and O–H groups in total. The van der Waals surface area contributed by atoms with Gasteiger partial charge < -0.3 is 5.32 Å². The Kier molecular flexibility index (Phi) is 4.01. The number of nitrogens with zero attached hydrogens (tertiary/aromatic N) is 3. The molecule has 3 aromatic rings. The van der Waals surface area contributed by atoms with Gasteiger partial charge in [-0.2, -0.15) is 5.10 Å². The Hall–Kier alpha value is -2.83. The average molecular weight is 330 g/mol. The number of nitrogens with one attached hydrogen (secondary N) is 1. The fraction of sp³-hybridized carbons (Fsp3) is 0.235. The van der Waals surface area contributed by atoms with Crippen LogP contribution < -0.4 is 5.32 Å². The van der Waals surface area contributed by atoms with Crippen LogP contribution in [0.4, 0.5) is 8.78 Å². The summed E-state index contributed by atoms with van der Waals surface area (Å²) >= 11 is 0. The summed E-state index contributed by atoms with van der Waals surface area (Å²) in [6.45, 7) is 3.54. The van der Waals surface area contributed by atoms with Crippen LogP contribution >= 0.6 is 0 Å². The molecule has 1 atom stereocenters. The molecule has 1 aromatic carbocycles. The molecule has 1 unspecified atom stereocenters. The van der Waals surface area contributed by atoms with Crippen molar-refractivity contribution in [3.05, 3.63) is 58.9 Å². The van der Waals surface area contributed by atoms with Gasteiger partial charge in [-0.3, -0.25) is 9.48 Å². The molecule has 5 nitrogen and oxygen atoms in total. The minimum Gasteiger partial charge on any atom is -0.345 e. The van der Waals surface area contributed by atoms with E-state index in [1.54, 1.807) is 24.7 Å². The molecule has 124 valence electrons. The summed E-state index contributed by atoms with van der Waals surface area (Å²) in [5.74, 6) is -2.20. The number of aryl methyl sites for hydroxylation is 2. The molecule has 0 fully saturated rings. The monoisotopic (exact) mass is 330 g/mol. The molecular weight excluding hydrogens is 314 g/mol. The van der Waals surface area contributed by atoms with Crippen molar-refractivity contribution >= 4 is 16.9 Å². The van der Waals surface area contributed by atoms with Crippen molar-refractivity contribution in [2.45, 2.75) is 19.9 Å². The van der Waals surface area contributed by atoms with Crippen molar-refractivity contribution in [3.63, 3.8) is 0 Å². The van der Waals surface area contributed by atoms with E-state index in [4.69, 9.17) is 0 Å². The second-order valence-corrected chi connectivity index (χ2v) is 5.67. The van der Waals surface area contributed by atoms with Crippen molar-refractivity contribution in [2.75, 3.05) is 0 Å². The molecule has 3 rings (SSSR count). The zero-order valence-electron chi connectivity index (χ0n) is 13.5. The van der Waals surface area contributed by atoms with E-state index in [-0.39, 0.29) is 5.91 Å². The van der Waals surface area contributed by atoms with Gasteiger partial charge in [-0.1, -0.05) is 6.07 Å². The molecule has 7 heteroatoms. The van der Waals surface area contributed by atoms with E-state index >= 15 is 0 Å². The van der Waals surface area contributed by atoms with Crippen molar-refractivity contribution in [2.24, 2.45) is 7.05 Å². The number of carbonyl (C=O) groups excluding carboxylic acids is 1. The first-order valence-electron chi connectivity index (χ1n) is 7.42. The summed E-state index contributed by atoms with van der Waals surface area (Å²) in [5, 5.41) is 7.81. The minimum atomic E-state index is -0.942. The molecule has 0 aliphatic rings. The van der Waals surface area contributed by atoms with Crippen LogP contribution in [-0.4, -0.2) is 20.7 Å². The number of hydrogen-bond donors (Lipinski definition) is 1. The van der Waals surface area contributed by atoms with E-state index in [1.165, 1.54) is 12.3 Å². The lowest BCUT2D eigenvalue weighted by molar-refractivity contribution is 0.0939. The Balaban J connectivity index is 1.83. The number of halogens is 2. The molecule has 0 spiro atoms. The van der Waals surface area contributed by atoms with Gasteiger partial charge in [0.1, 0.15) is 0 Å². The average Bonchev–Trinajstić information content (AvgIpc) is 2.84. The lowest BCUT2D eigenvalue weighted by Gasteiger charge is -2.14. The molecule has 0 saturated heterocycles. The van der Waals surface area contributed by atoms with E-state index in [0.29, 0.717) is 16.8 Å². The summed E-state index contributed by atoms with van der Waals surface area (Å²) in [5.41, 5.74) is 2.34. The zero-order valence-corrected chi connectivity index (χ0v) is 13.5. The second-order valence-electron chi connectivity index (χ2n) is 5.67. The normalized spacial score (nSPS) is 12.4. The van der Waals surface area contributed by atoms with Crippen LogP contribution in [0.15, 0.2) is 30.5 Å². The summed E-state index contributed by atoms with van der Waals surface area (Å²) in [6.07, 6.45) is 1.47. The number of pyridine rings is 1. The highest BCUT2D eigenvalue weighted by molar-refractivity contribution is 5.97. The van der Waals surface area contributed by atoms with E-state index in [1.807, 2.05) is 6.92 Å². The molecule has 2 aromatic heterocycles. The van der Waals surface area contributed by atoms with Crippen LogP contribution in [-0.2, 0) is 7.05 Å². The Morgan fingerprint density at radius 1 is 1.25 bits per heavy atom. The molecule has 0 aliphatic heterocycles. The lowest BCUT2D eigenvalue weighted by atomic mass is 10.1. The molecule has 0 aliphatic carbocycles. The number of hydrogen-bond acceptors (Lipinski definition) is 3. The first-order chi connectivity index (χ1) is 11.4. The van der Waals surface area contributed by atoms with Gasteiger partial charge in [0, 0.05) is 18.6 Å². The van der Waals surface area contributed by atoms with Gasteiger partial charge in [0.25, 0.3) is 5.91 Å². The molecule has 2 heterocycles. The number of carbonyl (C=O) groups is 1. The molecule has 1 amide bonds. The fourth-order valence-electron chi connectivity index (χ4n) is 2.58. The minimum absolute atomic E-state index is 0.343. The van der Waals surface area contributed by atoms with Crippen molar-refractivity contribution in [3.8, 4) is 0 Å². The van der Waals surface area contributed by atoms with Crippen LogP contribution in [0.3, 0.4) is 0 Å². The van der Waals surface area contributed by atoms with Crippen LogP contribution in [0.5, 0.6) is 0 Å². The summed E-state index contributed by atoms with van der Waals surface area (Å²) in [7, 11) is 1.78. The van der Waals surface area contributed by atoms with E-state index in [0.717, 1.165) is 23.2 Å². The summed E-state index contributed by atoms with van der Waals surface area (Å²) in [6, 6.07) is 4.80. The quantitative estimate of drug-likeness (QED) is 0.803. The van der Waals surface area contributed by atoms with Gasteiger partial charge in [0.15, 0.2) is 17.3 Å². The molecule has 0 radical (unpaired) electrons. The predicted octanol–water partition coefficient (Wildman–Crippen LogP) is 3.05. The van der Waals surface area contributed by atoms with E-state index in [9.17, 15) is 13.6 Å². The van der Waals surface area contributed by atoms with Gasteiger partial charge in [0.05, 0.1) is 17.3 Å². The van der Waals surface area contributed by atoms with Crippen molar-refractivity contribution in [1.82, 2.24) is 20.1 Å². The van der Waals surface area contributed by atoms with Crippen LogP contribution in [0, 0.1) is 18.6 Å². The third-order valence-corrected chi connectivity index (χ3v) is 3.92. The number of amides is 1. The number of rotatable bonds is 3. The molecule has 0 bridgehead atoms. The third kappa shape index (κ3) is 2.84. The Bertz CT molecular complexity index is 936. The Labute approximate surface area is 137 Å². The van der Waals surface area contributed by atoms with E-state index < -0.39 is 17.7 Å². The Morgan fingerprint density at radius 2 is 2.00 bits per heavy atom. The maximum absolute atomic E-state index is 13.3. The van der Waals surface area contributed by atoms with Crippen LogP contribution in [0.1, 0.15) is 34.6 Å².